The van der Waals surface area contributed by atoms with Crippen molar-refractivity contribution in [3.63, 3.8) is 0 Å². The highest BCUT2D eigenvalue weighted by molar-refractivity contribution is 7.92. The molecule has 0 saturated heterocycles. The first-order valence-electron chi connectivity index (χ1n) is 7.26. The van der Waals surface area contributed by atoms with Crippen molar-refractivity contribution in [3.8, 4) is 0 Å². The molecule has 10 heteroatoms. The molecule has 0 saturated carbocycles. The molecule has 9 nitrogen and oxygen atoms in total. The van der Waals surface area contributed by atoms with Crippen LogP contribution in [0, 0.1) is 10.1 Å². The lowest BCUT2D eigenvalue weighted by Gasteiger charge is -2.23. The van der Waals surface area contributed by atoms with Crippen LogP contribution in [0.3, 0.4) is 0 Å². The van der Waals surface area contributed by atoms with Crippen molar-refractivity contribution in [1.29, 1.82) is 0 Å². The van der Waals surface area contributed by atoms with Crippen molar-refractivity contribution in [2.45, 2.75) is 6.54 Å². The van der Waals surface area contributed by atoms with E-state index in [0.29, 0.717) is 24.6 Å². The molecular weight excluding hydrogens is 334 g/mol. The summed E-state index contributed by atoms with van der Waals surface area (Å²) in [5, 5.41) is 15.2. The zero-order chi connectivity index (χ0) is 17.5. The minimum Gasteiger partial charge on any atom is -0.345 e. The first kappa shape index (κ1) is 16.2. The predicted molar refractivity (Wildman–Crippen MR) is 89.5 cm³/mol. The van der Waals surface area contributed by atoms with Gasteiger partial charge in [0.05, 0.1) is 23.4 Å². The zero-order valence-electron chi connectivity index (χ0n) is 13.3. The number of fused-ring (bicyclic) bond motifs is 1. The van der Waals surface area contributed by atoms with Crippen LogP contribution in [0.2, 0.25) is 0 Å². The Bertz CT molecular complexity index is 892. The van der Waals surface area contributed by atoms with Crippen molar-refractivity contribution in [2.75, 3.05) is 28.6 Å². The van der Waals surface area contributed by atoms with Gasteiger partial charge in [0.15, 0.2) is 0 Å². The molecule has 1 aromatic carbocycles. The van der Waals surface area contributed by atoms with Gasteiger partial charge in [-0.05, 0) is 11.6 Å². The second-order valence-corrected chi connectivity index (χ2v) is 7.53. The van der Waals surface area contributed by atoms with E-state index >= 15 is 0 Å². The van der Waals surface area contributed by atoms with Crippen LogP contribution < -0.4 is 9.21 Å². The Morgan fingerprint density at radius 2 is 1.96 bits per heavy atom. The van der Waals surface area contributed by atoms with E-state index in [1.165, 1.54) is 15.2 Å². The molecule has 0 amide bonds. The van der Waals surface area contributed by atoms with E-state index in [0.717, 1.165) is 11.8 Å². The Labute approximate surface area is 139 Å². The molecule has 0 N–H and O–H groups in total. The van der Waals surface area contributed by atoms with Gasteiger partial charge in [-0.3, -0.25) is 14.4 Å². The summed E-state index contributed by atoms with van der Waals surface area (Å²) in [6.45, 7) is 0.892. The summed E-state index contributed by atoms with van der Waals surface area (Å²) in [5.74, 6) is 0.366. The highest BCUT2D eigenvalue weighted by atomic mass is 32.2. The van der Waals surface area contributed by atoms with E-state index < -0.39 is 14.9 Å². The Balaban J connectivity index is 2.08. The molecule has 0 unspecified atom stereocenters. The van der Waals surface area contributed by atoms with Crippen molar-refractivity contribution in [2.24, 2.45) is 7.05 Å². The van der Waals surface area contributed by atoms with Gasteiger partial charge in [-0.25, -0.2) is 13.1 Å². The van der Waals surface area contributed by atoms with Crippen LogP contribution in [0.4, 0.5) is 17.2 Å². The fourth-order valence-electron chi connectivity index (χ4n) is 2.94. The maximum Gasteiger partial charge on any atom is 0.331 e. The highest BCUT2D eigenvalue weighted by Crippen LogP contribution is 2.33. The van der Waals surface area contributed by atoms with E-state index in [2.05, 4.69) is 5.10 Å². The van der Waals surface area contributed by atoms with Crippen molar-refractivity contribution in [3.05, 3.63) is 46.1 Å². The first-order chi connectivity index (χ1) is 11.3. The number of rotatable bonds is 3. The average molecular weight is 351 g/mol. The summed E-state index contributed by atoms with van der Waals surface area (Å²) >= 11 is 0. The number of sulfonamides is 1. The Kier molecular flexibility index (Phi) is 3.91. The van der Waals surface area contributed by atoms with Crippen molar-refractivity contribution in [1.82, 2.24) is 9.78 Å². The van der Waals surface area contributed by atoms with Gasteiger partial charge < -0.3 is 4.90 Å². The molecule has 1 aliphatic heterocycles. The van der Waals surface area contributed by atoms with Gasteiger partial charge in [-0.2, -0.15) is 5.10 Å². The fourth-order valence-corrected chi connectivity index (χ4v) is 3.89. The third-order valence-electron chi connectivity index (χ3n) is 3.98. The number of nitro groups is 1. The minimum absolute atomic E-state index is 0.0946. The van der Waals surface area contributed by atoms with Crippen LogP contribution in [0.25, 0.3) is 0 Å². The molecule has 1 aliphatic rings. The van der Waals surface area contributed by atoms with Crippen LogP contribution in [-0.2, 0) is 23.6 Å². The first-order valence-corrected chi connectivity index (χ1v) is 9.11. The molecule has 128 valence electrons. The maximum absolute atomic E-state index is 12.1. The molecule has 2 aromatic rings. The number of benzene rings is 1. The molecule has 0 aliphatic carbocycles. The Hall–Kier alpha value is -2.62. The topological polar surface area (TPSA) is 102 Å². The number of aryl methyl sites for hydroxylation is 1. The Morgan fingerprint density at radius 3 is 2.62 bits per heavy atom. The van der Waals surface area contributed by atoms with Gasteiger partial charge in [0.2, 0.25) is 15.8 Å². The molecule has 0 fully saturated rings. The van der Waals surface area contributed by atoms with Crippen LogP contribution in [-0.4, -0.2) is 42.5 Å². The maximum atomic E-state index is 12.1. The largest absolute Gasteiger partial charge is 0.345 e. The van der Waals surface area contributed by atoms with E-state index in [9.17, 15) is 18.5 Å². The summed E-state index contributed by atoms with van der Waals surface area (Å²) in [6, 6.07) is 7.17. The Morgan fingerprint density at radius 1 is 1.25 bits per heavy atom. The normalized spacial score (nSPS) is 15.1. The number of para-hydroxylation sites is 1. The zero-order valence-corrected chi connectivity index (χ0v) is 14.1. The quantitative estimate of drug-likeness (QED) is 0.606. The van der Waals surface area contributed by atoms with E-state index in [1.807, 2.05) is 12.1 Å². The van der Waals surface area contributed by atoms with Gasteiger partial charge in [-0.1, -0.05) is 18.2 Å². The van der Waals surface area contributed by atoms with E-state index in [-0.39, 0.29) is 12.2 Å². The lowest BCUT2D eigenvalue weighted by molar-refractivity contribution is -0.384. The standard InChI is InChI=1S/C14H17N5O4S/c1-16-14(13(9-15-16)19(20)21)17-7-8-18(24(2,22)23)12-6-4-3-5-11(12)10-17/h3-6,9H,7-8,10H2,1-2H3. The molecule has 0 radical (unpaired) electrons. The smallest absolute Gasteiger partial charge is 0.331 e. The molecule has 24 heavy (non-hydrogen) atoms. The summed E-state index contributed by atoms with van der Waals surface area (Å²) in [4.78, 5) is 12.6. The molecule has 1 aromatic heterocycles. The third kappa shape index (κ3) is 2.80. The predicted octanol–water partition coefficient (Wildman–Crippen LogP) is 1.11. The summed E-state index contributed by atoms with van der Waals surface area (Å²) in [5.41, 5.74) is 1.30. The van der Waals surface area contributed by atoms with Crippen LogP contribution in [0.5, 0.6) is 0 Å². The SMILES string of the molecule is Cn1ncc([N+](=O)[O-])c1N1CCN(S(C)(=O)=O)c2ccccc2C1. The lowest BCUT2D eigenvalue weighted by Crippen LogP contribution is -2.35. The number of hydrogen-bond acceptors (Lipinski definition) is 6. The molecule has 0 spiro atoms. The second kappa shape index (κ2) is 5.78. The van der Waals surface area contributed by atoms with E-state index in [1.54, 1.807) is 24.1 Å². The van der Waals surface area contributed by atoms with Gasteiger partial charge in [0.25, 0.3) is 0 Å². The average Bonchev–Trinajstić information content (AvgIpc) is 2.77. The van der Waals surface area contributed by atoms with E-state index in [4.69, 9.17) is 0 Å². The summed E-state index contributed by atoms with van der Waals surface area (Å²) < 4.78 is 27.0. The van der Waals surface area contributed by atoms with Gasteiger partial charge in [0, 0.05) is 20.1 Å². The number of anilines is 2. The summed E-state index contributed by atoms with van der Waals surface area (Å²) in [7, 11) is -1.81. The molecule has 2 heterocycles. The van der Waals surface area contributed by atoms with Gasteiger partial charge in [-0.15, -0.1) is 0 Å². The van der Waals surface area contributed by atoms with Gasteiger partial charge >= 0.3 is 5.69 Å². The number of nitrogens with zero attached hydrogens (tertiary/aromatic N) is 5. The summed E-state index contributed by atoms with van der Waals surface area (Å²) in [6.07, 6.45) is 2.37. The van der Waals surface area contributed by atoms with Crippen molar-refractivity contribution >= 4 is 27.2 Å². The highest BCUT2D eigenvalue weighted by Gasteiger charge is 2.30. The van der Waals surface area contributed by atoms with Crippen LogP contribution in [0.1, 0.15) is 5.56 Å². The van der Waals surface area contributed by atoms with Gasteiger partial charge in [0.1, 0.15) is 6.20 Å². The number of aromatic nitrogens is 2. The minimum atomic E-state index is -3.44. The van der Waals surface area contributed by atoms with Crippen LogP contribution in [0.15, 0.2) is 30.5 Å². The fraction of sp³-hybridized carbons (Fsp3) is 0.357. The van der Waals surface area contributed by atoms with Crippen LogP contribution >= 0.6 is 0 Å². The number of hydrogen-bond donors (Lipinski definition) is 0. The van der Waals surface area contributed by atoms with Crippen molar-refractivity contribution < 1.29 is 13.3 Å². The monoisotopic (exact) mass is 351 g/mol. The lowest BCUT2D eigenvalue weighted by atomic mass is 10.1. The molecule has 3 rings (SSSR count). The molecule has 0 atom stereocenters. The second-order valence-electron chi connectivity index (χ2n) is 5.62. The third-order valence-corrected chi connectivity index (χ3v) is 5.16. The molecule has 0 bridgehead atoms. The molecular formula is C14H17N5O4S.